The first-order chi connectivity index (χ1) is 18.2. The summed E-state index contributed by atoms with van der Waals surface area (Å²) in [6.07, 6.45) is -0.561. The molecule has 12 nitrogen and oxygen atoms in total. The number of pyridine rings is 2. The van der Waals surface area contributed by atoms with E-state index in [2.05, 4.69) is 20.4 Å². The Balaban J connectivity index is 1.53. The van der Waals surface area contributed by atoms with Gasteiger partial charge in [-0.05, 0) is 30.3 Å². The molecule has 0 aliphatic carbocycles. The van der Waals surface area contributed by atoms with Crippen LogP contribution in [0.1, 0.15) is 6.42 Å². The molecule has 0 unspecified atom stereocenters. The van der Waals surface area contributed by atoms with Crippen LogP contribution in [0.15, 0.2) is 59.5 Å². The Morgan fingerprint density at radius 2 is 1.95 bits per heavy atom. The average molecular weight is 546 g/mol. The van der Waals surface area contributed by atoms with Gasteiger partial charge in [0.05, 0.1) is 22.5 Å². The standard InChI is InChI=1S/C24H21ClFN5O7/c1-37-15-10-18(30(12-15)23(34)29-19-8-5-13(25)11-27-19)22(33)28-17-7-6-14(9-16(17)26)31-20(32)3-2-4-21(31)38-24(35)36/h2-9,11,15,18H,10,12H2,1H3,(H,28,33)(H,35,36)(H,27,29,34)/t15-,18-/m1/s1. The van der Waals surface area contributed by atoms with Gasteiger partial charge >= 0.3 is 12.2 Å². The van der Waals surface area contributed by atoms with Crippen LogP contribution in [0.4, 0.5) is 25.5 Å². The molecule has 4 rings (SSSR count). The molecule has 3 amide bonds. The third kappa shape index (κ3) is 5.90. The molecule has 38 heavy (non-hydrogen) atoms. The molecule has 0 saturated carbocycles. The number of aromatic nitrogens is 2. The number of carboxylic acid groups (broad SMARTS) is 1. The number of likely N-dealkylation sites (tertiary alicyclic amines) is 1. The third-order valence-corrected chi connectivity index (χ3v) is 5.92. The highest BCUT2D eigenvalue weighted by atomic mass is 35.5. The summed E-state index contributed by atoms with van der Waals surface area (Å²) in [5, 5.41) is 14.3. The van der Waals surface area contributed by atoms with Crippen LogP contribution in [0, 0.1) is 5.82 Å². The molecule has 1 aromatic carbocycles. The Hall–Kier alpha value is -4.49. The fourth-order valence-corrected chi connectivity index (χ4v) is 4.04. The van der Waals surface area contributed by atoms with E-state index in [1.807, 2.05) is 0 Å². The van der Waals surface area contributed by atoms with E-state index in [1.54, 1.807) is 6.07 Å². The highest BCUT2D eigenvalue weighted by molar-refractivity contribution is 6.30. The van der Waals surface area contributed by atoms with Gasteiger partial charge in [0.1, 0.15) is 17.7 Å². The number of urea groups is 1. The summed E-state index contributed by atoms with van der Waals surface area (Å²) >= 11 is 5.82. The van der Waals surface area contributed by atoms with Crippen LogP contribution in [-0.2, 0) is 9.53 Å². The third-order valence-electron chi connectivity index (χ3n) is 5.70. The Labute approximate surface area is 219 Å². The van der Waals surface area contributed by atoms with Gasteiger partial charge in [-0.25, -0.2) is 23.5 Å². The first-order valence-corrected chi connectivity index (χ1v) is 11.5. The molecule has 3 aromatic rings. The Morgan fingerprint density at radius 1 is 1.16 bits per heavy atom. The number of ether oxygens (including phenoxy) is 2. The number of methoxy groups -OCH3 is 1. The molecule has 2 aromatic heterocycles. The number of hydrogen-bond donors (Lipinski definition) is 3. The Kier molecular flexibility index (Phi) is 7.88. The number of carbonyl (C=O) groups excluding carboxylic acids is 2. The lowest BCUT2D eigenvalue weighted by atomic mass is 10.1. The molecule has 1 aliphatic heterocycles. The van der Waals surface area contributed by atoms with Crippen LogP contribution in [0.25, 0.3) is 5.69 Å². The zero-order chi connectivity index (χ0) is 27.4. The van der Waals surface area contributed by atoms with Crippen molar-refractivity contribution in [3.63, 3.8) is 0 Å². The summed E-state index contributed by atoms with van der Waals surface area (Å²) < 4.78 is 25.8. The lowest BCUT2D eigenvalue weighted by molar-refractivity contribution is -0.119. The van der Waals surface area contributed by atoms with Crippen LogP contribution in [0.5, 0.6) is 5.88 Å². The van der Waals surface area contributed by atoms with Crippen molar-refractivity contribution in [2.45, 2.75) is 18.6 Å². The predicted molar refractivity (Wildman–Crippen MR) is 133 cm³/mol. The normalized spacial score (nSPS) is 16.7. The molecule has 2 atom stereocenters. The minimum atomic E-state index is -1.65. The SMILES string of the molecule is CO[C@@H]1C[C@H](C(=O)Nc2ccc(-n3c(OC(=O)O)cccc3=O)cc2F)N(C(=O)Nc2ccc(Cl)cn2)C1. The molecule has 198 valence electrons. The second-order valence-electron chi connectivity index (χ2n) is 8.11. The highest BCUT2D eigenvalue weighted by Gasteiger charge is 2.40. The highest BCUT2D eigenvalue weighted by Crippen LogP contribution is 2.25. The zero-order valence-corrected chi connectivity index (χ0v) is 20.5. The van der Waals surface area contributed by atoms with Crippen molar-refractivity contribution in [2.75, 3.05) is 24.3 Å². The molecule has 14 heteroatoms. The number of benzene rings is 1. The van der Waals surface area contributed by atoms with Crippen molar-refractivity contribution in [2.24, 2.45) is 0 Å². The largest absolute Gasteiger partial charge is 0.512 e. The second-order valence-corrected chi connectivity index (χ2v) is 8.55. The smallest absolute Gasteiger partial charge is 0.449 e. The number of rotatable bonds is 6. The van der Waals surface area contributed by atoms with Gasteiger partial charge in [0.25, 0.3) is 5.56 Å². The first kappa shape index (κ1) is 26.6. The van der Waals surface area contributed by atoms with E-state index in [4.69, 9.17) is 21.4 Å². The summed E-state index contributed by atoms with van der Waals surface area (Å²) in [6.45, 7) is 0.110. The van der Waals surface area contributed by atoms with E-state index in [0.717, 1.165) is 16.7 Å². The van der Waals surface area contributed by atoms with Gasteiger partial charge in [0.2, 0.25) is 11.8 Å². The molecule has 0 radical (unpaired) electrons. The first-order valence-electron chi connectivity index (χ1n) is 11.1. The number of carbonyl (C=O) groups is 3. The summed E-state index contributed by atoms with van der Waals surface area (Å²) in [4.78, 5) is 54.5. The number of amides is 3. The molecular weight excluding hydrogens is 525 g/mol. The molecule has 3 N–H and O–H groups in total. The zero-order valence-electron chi connectivity index (χ0n) is 19.8. The maximum Gasteiger partial charge on any atom is 0.512 e. The Morgan fingerprint density at radius 3 is 2.61 bits per heavy atom. The van der Waals surface area contributed by atoms with Crippen LogP contribution in [0.2, 0.25) is 5.02 Å². The minimum absolute atomic E-state index is 0.0286. The van der Waals surface area contributed by atoms with Crippen molar-refractivity contribution in [1.82, 2.24) is 14.5 Å². The van der Waals surface area contributed by atoms with Gasteiger partial charge in [0, 0.05) is 38.4 Å². The van der Waals surface area contributed by atoms with E-state index < -0.39 is 41.6 Å². The van der Waals surface area contributed by atoms with E-state index >= 15 is 4.39 Å². The molecule has 1 aliphatic rings. The molecule has 1 saturated heterocycles. The fourth-order valence-electron chi connectivity index (χ4n) is 3.93. The number of anilines is 2. The quantitative estimate of drug-likeness (QED) is 0.399. The van der Waals surface area contributed by atoms with Gasteiger partial charge in [-0.1, -0.05) is 17.7 Å². The van der Waals surface area contributed by atoms with Crippen molar-refractivity contribution in [3.8, 4) is 11.6 Å². The van der Waals surface area contributed by atoms with Gasteiger partial charge in [-0.2, -0.15) is 0 Å². The van der Waals surface area contributed by atoms with Gasteiger partial charge in [-0.3, -0.25) is 14.9 Å². The van der Waals surface area contributed by atoms with Crippen LogP contribution >= 0.6 is 11.6 Å². The summed E-state index contributed by atoms with van der Waals surface area (Å²) in [6, 6.07) is 8.57. The molecule has 3 heterocycles. The van der Waals surface area contributed by atoms with Gasteiger partial charge in [-0.15, -0.1) is 0 Å². The predicted octanol–water partition coefficient (Wildman–Crippen LogP) is 3.34. The van der Waals surface area contributed by atoms with Crippen LogP contribution in [-0.4, -0.2) is 63.5 Å². The molecule has 1 fully saturated rings. The summed E-state index contributed by atoms with van der Waals surface area (Å²) in [5.74, 6) is -1.68. The van der Waals surface area contributed by atoms with E-state index in [1.165, 1.54) is 48.5 Å². The minimum Gasteiger partial charge on any atom is -0.449 e. The topological polar surface area (TPSA) is 152 Å². The monoisotopic (exact) mass is 545 g/mol. The van der Waals surface area contributed by atoms with Gasteiger partial charge in [0.15, 0.2) is 0 Å². The van der Waals surface area contributed by atoms with Crippen molar-refractivity contribution in [3.05, 3.63) is 75.9 Å². The number of halogens is 2. The lowest BCUT2D eigenvalue weighted by Gasteiger charge is -2.24. The molecule has 0 spiro atoms. The summed E-state index contributed by atoms with van der Waals surface area (Å²) in [7, 11) is 1.45. The van der Waals surface area contributed by atoms with Crippen LogP contribution in [0.3, 0.4) is 0 Å². The van der Waals surface area contributed by atoms with Crippen molar-refractivity contribution < 1.29 is 33.4 Å². The average Bonchev–Trinajstić information content (AvgIpc) is 3.32. The molecule has 0 bridgehead atoms. The Bertz CT molecular complexity index is 1430. The maximum absolute atomic E-state index is 15.0. The van der Waals surface area contributed by atoms with Crippen molar-refractivity contribution in [1.29, 1.82) is 0 Å². The second kappa shape index (κ2) is 11.3. The maximum atomic E-state index is 15.0. The van der Waals surface area contributed by atoms with E-state index in [-0.39, 0.29) is 36.0 Å². The lowest BCUT2D eigenvalue weighted by Crippen LogP contribution is -2.45. The van der Waals surface area contributed by atoms with Crippen LogP contribution < -0.4 is 20.9 Å². The summed E-state index contributed by atoms with van der Waals surface area (Å²) in [5.41, 5.74) is -0.906. The fraction of sp³-hybridized carbons (Fsp3) is 0.208. The van der Waals surface area contributed by atoms with E-state index in [0.29, 0.717) is 5.02 Å². The van der Waals surface area contributed by atoms with E-state index in [9.17, 15) is 19.2 Å². The number of nitrogens with one attached hydrogen (secondary N) is 2. The van der Waals surface area contributed by atoms with Crippen molar-refractivity contribution >= 4 is 41.2 Å². The van der Waals surface area contributed by atoms with Gasteiger partial charge < -0.3 is 24.8 Å². The number of nitrogens with zero attached hydrogens (tertiary/aromatic N) is 3. The molecular formula is C24H21ClFN5O7. The number of hydrogen-bond acceptors (Lipinski definition) is 7.